The molecule has 0 aliphatic carbocycles. The molecule has 0 aliphatic rings. The minimum atomic E-state index is -0.698. The predicted molar refractivity (Wildman–Crippen MR) is 99.7 cm³/mol. The molecule has 0 saturated heterocycles. The average Bonchev–Trinajstić information content (AvgIpc) is 2.67. The number of benzene rings is 2. The van der Waals surface area contributed by atoms with Crippen molar-refractivity contribution in [1.82, 2.24) is 4.98 Å². The van der Waals surface area contributed by atoms with Crippen molar-refractivity contribution < 1.29 is 15.0 Å². The Labute approximate surface area is 150 Å². The van der Waals surface area contributed by atoms with Crippen molar-refractivity contribution in [3.8, 4) is 16.9 Å². The quantitative estimate of drug-likeness (QED) is 0.547. The van der Waals surface area contributed by atoms with E-state index in [4.69, 9.17) is 5.73 Å². The number of rotatable bonds is 6. The van der Waals surface area contributed by atoms with Crippen LogP contribution < -0.4 is 11.1 Å². The number of pyridine rings is 1. The maximum absolute atomic E-state index is 11.4. The average molecular weight is 349 g/mol. The molecule has 6 nitrogen and oxygen atoms in total. The Morgan fingerprint density at radius 1 is 1.08 bits per heavy atom. The lowest BCUT2D eigenvalue weighted by atomic mass is 10.0. The zero-order valence-electron chi connectivity index (χ0n) is 14.0. The van der Waals surface area contributed by atoms with E-state index in [0.29, 0.717) is 5.56 Å². The van der Waals surface area contributed by atoms with Gasteiger partial charge in [0, 0.05) is 18.0 Å². The van der Waals surface area contributed by atoms with Crippen LogP contribution in [0.1, 0.15) is 22.0 Å². The molecule has 132 valence electrons. The minimum absolute atomic E-state index is 0.0541. The Hall–Kier alpha value is -3.38. The van der Waals surface area contributed by atoms with Crippen LogP contribution in [0.15, 0.2) is 67.0 Å². The van der Waals surface area contributed by atoms with E-state index in [0.717, 1.165) is 16.8 Å². The number of amides is 1. The van der Waals surface area contributed by atoms with Crippen LogP contribution >= 0.6 is 0 Å². The summed E-state index contributed by atoms with van der Waals surface area (Å²) in [5.41, 5.74) is 8.47. The van der Waals surface area contributed by atoms with E-state index in [1.54, 1.807) is 18.5 Å². The highest BCUT2D eigenvalue weighted by Gasteiger charge is 2.12. The lowest BCUT2D eigenvalue weighted by Crippen LogP contribution is -2.14. The Bertz CT molecular complexity index is 913. The third-order valence-corrected chi connectivity index (χ3v) is 4.06. The third-order valence-electron chi connectivity index (χ3n) is 4.06. The van der Waals surface area contributed by atoms with Gasteiger partial charge in [-0.1, -0.05) is 36.4 Å². The van der Waals surface area contributed by atoms with Crippen LogP contribution in [-0.4, -0.2) is 27.7 Å². The number of aromatic nitrogens is 1. The van der Waals surface area contributed by atoms with Crippen LogP contribution in [0.25, 0.3) is 11.1 Å². The molecule has 0 radical (unpaired) electrons. The van der Waals surface area contributed by atoms with E-state index in [2.05, 4.69) is 10.3 Å². The summed E-state index contributed by atoms with van der Waals surface area (Å²) >= 11 is 0. The number of nitrogens with zero attached hydrogens (tertiary/aromatic N) is 1. The number of carbonyl (C=O) groups is 1. The van der Waals surface area contributed by atoms with E-state index in [9.17, 15) is 15.0 Å². The molecule has 0 saturated carbocycles. The van der Waals surface area contributed by atoms with E-state index in [1.165, 1.54) is 12.1 Å². The fraction of sp³-hybridized carbons (Fsp3) is 0.100. The van der Waals surface area contributed by atoms with Crippen LogP contribution in [-0.2, 0) is 0 Å². The summed E-state index contributed by atoms with van der Waals surface area (Å²) in [6.07, 6.45) is 3.31. The Balaban J connectivity index is 1.89. The third kappa shape index (κ3) is 3.81. The second-order valence-corrected chi connectivity index (χ2v) is 5.85. The SMILES string of the molecule is NC(=O)c1cc(-c2cncc(N[C@@H](CO)c3ccccc3)c2)ccc1O. The van der Waals surface area contributed by atoms with Gasteiger partial charge in [-0.2, -0.15) is 0 Å². The van der Waals surface area contributed by atoms with Crippen molar-refractivity contribution in [2.24, 2.45) is 5.73 Å². The van der Waals surface area contributed by atoms with Gasteiger partial charge in [0.25, 0.3) is 5.91 Å². The molecule has 6 heteroatoms. The number of anilines is 1. The number of phenols is 1. The Morgan fingerprint density at radius 2 is 1.85 bits per heavy atom. The number of nitrogens with one attached hydrogen (secondary N) is 1. The van der Waals surface area contributed by atoms with Crippen LogP contribution in [0.2, 0.25) is 0 Å². The summed E-state index contributed by atoms with van der Waals surface area (Å²) in [5.74, 6) is -0.857. The Morgan fingerprint density at radius 3 is 2.54 bits per heavy atom. The van der Waals surface area contributed by atoms with Gasteiger partial charge in [-0.3, -0.25) is 9.78 Å². The topological polar surface area (TPSA) is 108 Å². The summed E-state index contributed by atoms with van der Waals surface area (Å²) < 4.78 is 0. The number of nitrogens with two attached hydrogens (primary N) is 1. The molecule has 2 aromatic carbocycles. The van der Waals surface area contributed by atoms with Gasteiger partial charge in [-0.15, -0.1) is 0 Å². The highest BCUT2D eigenvalue weighted by molar-refractivity contribution is 5.96. The molecule has 1 heterocycles. The molecular weight excluding hydrogens is 330 g/mol. The van der Waals surface area contributed by atoms with Gasteiger partial charge in [0.1, 0.15) is 5.75 Å². The van der Waals surface area contributed by atoms with Crippen molar-refractivity contribution in [1.29, 1.82) is 0 Å². The Kier molecular flexibility index (Phi) is 5.15. The normalized spacial score (nSPS) is 11.7. The molecule has 0 unspecified atom stereocenters. The molecule has 0 bridgehead atoms. The summed E-state index contributed by atoms with van der Waals surface area (Å²) in [6, 6.07) is 15.8. The molecule has 0 fully saturated rings. The van der Waals surface area contributed by atoms with Crippen molar-refractivity contribution in [3.63, 3.8) is 0 Å². The number of hydrogen-bond donors (Lipinski definition) is 4. The highest BCUT2D eigenvalue weighted by atomic mass is 16.3. The van der Waals surface area contributed by atoms with Gasteiger partial charge < -0.3 is 21.3 Å². The lowest BCUT2D eigenvalue weighted by molar-refractivity contribution is 0.0998. The number of aliphatic hydroxyl groups is 1. The largest absolute Gasteiger partial charge is 0.507 e. The molecule has 3 rings (SSSR count). The van der Waals surface area contributed by atoms with E-state index >= 15 is 0 Å². The predicted octanol–water partition coefficient (Wildman–Crippen LogP) is 2.70. The monoisotopic (exact) mass is 349 g/mol. The van der Waals surface area contributed by atoms with Gasteiger partial charge in [0.15, 0.2) is 0 Å². The first-order valence-corrected chi connectivity index (χ1v) is 8.09. The van der Waals surface area contributed by atoms with Gasteiger partial charge in [0.05, 0.1) is 23.9 Å². The highest BCUT2D eigenvalue weighted by Crippen LogP contribution is 2.28. The van der Waals surface area contributed by atoms with Crippen molar-refractivity contribution in [2.75, 3.05) is 11.9 Å². The number of aliphatic hydroxyl groups excluding tert-OH is 1. The molecular formula is C20H19N3O3. The molecule has 0 aliphatic heterocycles. The fourth-order valence-electron chi connectivity index (χ4n) is 2.71. The first-order chi connectivity index (χ1) is 12.6. The number of aromatic hydroxyl groups is 1. The summed E-state index contributed by atoms with van der Waals surface area (Å²) in [7, 11) is 0. The van der Waals surface area contributed by atoms with Crippen LogP contribution in [0.5, 0.6) is 5.75 Å². The second kappa shape index (κ2) is 7.67. The van der Waals surface area contributed by atoms with E-state index < -0.39 is 5.91 Å². The molecule has 3 aromatic rings. The smallest absolute Gasteiger partial charge is 0.252 e. The summed E-state index contributed by atoms with van der Waals surface area (Å²) in [6.45, 7) is -0.0702. The molecule has 26 heavy (non-hydrogen) atoms. The maximum Gasteiger partial charge on any atom is 0.252 e. The van der Waals surface area contributed by atoms with Crippen LogP contribution in [0.4, 0.5) is 5.69 Å². The number of primary amides is 1. The molecule has 5 N–H and O–H groups in total. The van der Waals surface area contributed by atoms with Gasteiger partial charge in [0.2, 0.25) is 0 Å². The molecule has 0 spiro atoms. The fourth-order valence-corrected chi connectivity index (χ4v) is 2.71. The number of carbonyl (C=O) groups excluding carboxylic acids is 1. The van der Waals surface area contributed by atoms with Crippen LogP contribution in [0, 0.1) is 0 Å². The summed E-state index contributed by atoms with van der Waals surface area (Å²) in [4.78, 5) is 15.6. The molecule has 1 aromatic heterocycles. The van der Waals surface area contributed by atoms with Gasteiger partial charge in [-0.25, -0.2) is 0 Å². The van der Waals surface area contributed by atoms with Gasteiger partial charge >= 0.3 is 0 Å². The maximum atomic E-state index is 11.4. The lowest BCUT2D eigenvalue weighted by Gasteiger charge is -2.18. The van der Waals surface area contributed by atoms with Crippen molar-refractivity contribution in [3.05, 3.63) is 78.1 Å². The van der Waals surface area contributed by atoms with Crippen molar-refractivity contribution in [2.45, 2.75) is 6.04 Å². The first-order valence-electron chi connectivity index (χ1n) is 8.09. The van der Waals surface area contributed by atoms with E-state index in [1.807, 2.05) is 36.4 Å². The first kappa shape index (κ1) is 17.4. The van der Waals surface area contributed by atoms with Crippen molar-refractivity contribution >= 4 is 11.6 Å². The summed E-state index contributed by atoms with van der Waals surface area (Å²) in [5, 5.41) is 22.7. The zero-order valence-corrected chi connectivity index (χ0v) is 14.0. The number of hydrogen-bond acceptors (Lipinski definition) is 5. The second-order valence-electron chi connectivity index (χ2n) is 5.85. The van der Waals surface area contributed by atoms with Crippen LogP contribution in [0.3, 0.4) is 0 Å². The zero-order chi connectivity index (χ0) is 18.5. The van der Waals surface area contributed by atoms with E-state index in [-0.39, 0.29) is 24.0 Å². The minimum Gasteiger partial charge on any atom is -0.507 e. The standard InChI is InChI=1S/C20H19N3O3/c21-20(26)17-9-14(6-7-19(17)25)15-8-16(11-22-10-15)23-18(12-24)13-4-2-1-3-5-13/h1-11,18,23-25H,12H2,(H2,21,26)/t18-/m0/s1. The van der Waals surface area contributed by atoms with Gasteiger partial charge in [-0.05, 0) is 29.3 Å². The molecule has 1 atom stereocenters. The molecule has 1 amide bonds.